The number of amides is 2. The molecule has 138 valence electrons. The minimum atomic E-state index is -0.188. The monoisotopic (exact) mass is 354 g/mol. The topological polar surface area (TPSA) is 67.2 Å². The van der Waals surface area contributed by atoms with Crippen LogP contribution in [-0.2, 0) is 13.0 Å². The summed E-state index contributed by atoms with van der Waals surface area (Å²) in [5, 5.41) is 2.92. The lowest BCUT2D eigenvalue weighted by molar-refractivity contribution is 0.0947. The first-order valence-corrected chi connectivity index (χ1v) is 9.34. The lowest BCUT2D eigenvalue weighted by Crippen LogP contribution is -2.30. The van der Waals surface area contributed by atoms with E-state index in [-0.39, 0.29) is 11.8 Å². The van der Waals surface area contributed by atoms with E-state index in [2.05, 4.69) is 17.2 Å². The molecule has 0 bridgehead atoms. The number of aromatic nitrogens is 2. The van der Waals surface area contributed by atoms with Gasteiger partial charge in [-0.3, -0.25) is 9.59 Å². The molecule has 0 saturated carbocycles. The van der Waals surface area contributed by atoms with Gasteiger partial charge in [0.1, 0.15) is 5.69 Å². The van der Waals surface area contributed by atoms with Gasteiger partial charge in [-0.1, -0.05) is 31.5 Å². The van der Waals surface area contributed by atoms with Crippen LogP contribution >= 0.6 is 0 Å². The predicted octanol–water partition coefficient (Wildman–Crippen LogP) is 3.03. The highest BCUT2D eigenvalue weighted by Gasteiger charge is 2.29. The van der Waals surface area contributed by atoms with Crippen molar-refractivity contribution in [2.24, 2.45) is 0 Å². The second-order valence-electron chi connectivity index (χ2n) is 6.65. The molecule has 0 spiro atoms. The smallest absolute Gasteiger partial charge is 0.294 e. The molecule has 6 heteroatoms. The summed E-state index contributed by atoms with van der Waals surface area (Å²) in [4.78, 5) is 31.6. The molecule has 2 aromatic rings. The number of carbonyl (C=O) groups excluding carboxylic acids is 2. The predicted molar refractivity (Wildman–Crippen MR) is 102 cm³/mol. The number of imidazole rings is 1. The fourth-order valence-corrected chi connectivity index (χ4v) is 3.27. The normalized spacial score (nSPS) is 13.2. The summed E-state index contributed by atoms with van der Waals surface area (Å²) in [6, 6.07) is 9.48. The molecular formula is C20H26N4O2. The van der Waals surface area contributed by atoms with Crippen molar-refractivity contribution >= 4 is 17.5 Å². The Morgan fingerprint density at radius 3 is 2.73 bits per heavy atom. The van der Waals surface area contributed by atoms with Gasteiger partial charge in [-0.25, -0.2) is 4.98 Å². The molecule has 26 heavy (non-hydrogen) atoms. The zero-order valence-corrected chi connectivity index (χ0v) is 15.5. The van der Waals surface area contributed by atoms with Crippen molar-refractivity contribution in [3.8, 4) is 0 Å². The van der Waals surface area contributed by atoms with Gasteiger partial charge >= 0.3 is 0 Å². The number of rotatable bonds is 6. The molecule has 0 atom stereocenters. The first-order valence-electron chi connectivity index (χ1n) is 9.34. The lowest BCUT2D eigenvalue weighted by atomic mass is 10.1. The fraction of sp³-hybridized carbons (Fsp3) is 0.450. The van der Waals surface area contributed by atoms with E-state index in [1.807, 2.05) is 34.9 Å². The highest BCUT2D eigenvalue weighted by atomic mass is 16.2. The maximum absolute atomic E-state index is 13.0. The lowest BCUT2D eigenvalue weighted by Gasteiger charge is -2.20. The summed E-state index contributed by atoms with van der Waals surface area (Å²) in [6.45, 7) is 3.45. The summed E-state index contributed by atoms with van der Waals surface area (Å²) < 4.78 is 1.93. The highest BCUT2D eigenvalue weighted by molar-refractivity contribution is 6.05. The van der Waals surface area contributed by atoms with Crippen LogP contribution in [0.1, 0.15) is 59.4 Å². The second-order valence-corrected chi connectivity index (χ2v) is 6.65. The molecule has 0 saturated heterocycles. The van der Waals surface area contributed by atoms with Crippen molar-refractivity contribution in [2.75, 3.05) is 18.5 Å². The molecule has 1 N–H and O–H groups in total. The van der Waals surface area contributed by atoms with Crippen LogP contribution in [0.25, 0.3) is 0 Å². The minimum Gasteiger partial charge on any atom is -0.351 e. The summed E-state index contributed by atoms with van der Waals surface area (Å²) in [7, 11) is 1.74. The van der Waals surface area contributed by atoms with Crippen LogP contribution in [0.2, 0.25) is 0 Å². The van der Waals surface area contributed by atoms with Crippen molar-refractivity contribution < 1.29 is 9.59 Å². The van der Waals surface area contributed by atoms with E-state index < -0.39 is 0 Å². The average Bonchev–Trinajstić information content (AvgIpc) is 3.07. The van der Waals surface area contributed by atoms with Gasteiger partial charge in [0.2, 0.25) is 5.82 Å². The number of para-hydroxylation sites is 1. The largest absolute Gasteiger partial charge is 0.351 e. The van der Waals surface area contributed by atoms with Crippen molar-refractivity contribution in [1.29, 1.82) is 0 Å². The Morgan fingerprint density at radius 1 is 1.23 bits per heavy atom. The molecule has 2 heterocycles. The Bertz CT molecular complexity index is 783. The van der Waals surface area contributed by atoms with E-state index in [1.165, 1.54) is 0 Å². The first-order chi connectivity index (χ1) is 12.6. The van der Waals surface area contributed by atoms with E-state index in [0.29, 0.717) is 18.1 Å². The molecule has 0 unspecified atom stereocenters. The van der Waals surface area contributed by atoms with Gasteiger partial charge in [0, 0.05) is 25.8 Å². The molecule has 0 radical (unpaired) electrons. The average molecular weight is 354 g/mol. The highest BCUT2D eigenvalue weighted by Crippen LogP contribution is 2.23. The molecule has 6 nitrogen and oxygen atoms in total. The summed E-state index contributed by atoms with van der Waals surface area (Å²) in [5.41, 5.74) is 2.10. The van der Waals surface area contributed by atoms with Crippen molar-refractivity contribution in [2.45, 2.75) is 45.6 Å². The van der Waals surface area contributed by atoms with Crippen molar-refractivity contribution in [3.63, 3.8) is 0 Å². The van der Waals surface area contributed by atoms with E-state index in [9.17, 15) is 9.59 Å². The van der Waals surface area contributed by atoms with Crippen LogP contribution in [0.5, 0.6) is 0 Å². The molecule has 1 aliphatic rings. The number of carbonyl (C=O) groups is 2. The molecule has 1 aromatic heterocycles. The van der Waals surface area contributed by atoms with Crippen molar-refractivity contribution in [1.82, 2.24) is 14.9 Å². The Balaban J connectivity index is 1.90. The number of anilines is 1. The van der Waals surface area contributed by atoms with Gasteiger partial charge in [0.15, 0.2) is 0 Å². The minimum absolute atomic E-state index is 0.175. The second kappa shape index (κ2) is 8.17. The van der Waals surface area contributed by atoms with E-state index in [1.54, 1.807) is 11.9 Å². The van der Waals surface area contributed by atoms with Gasteiger partial charge in [-0.05, 0) is 37.8 Å². The van der Waals surface area contributed by atoms with Crippen LogP contribution in [0, 0.1) is 0 Å². The zero-order valence-electron chi connectivity index (χ0n) is 15.5. The Labute approximate surface area is 154 Å². The molecule has 1 aliphatic heterocycles. The maximum Gasteiger partial charge on any atom is 0.294 e. The van der Waals surface area contributed by atoms with Crippen LogP contribution < -0.4 is 10.2 Å². The molecular weight excluding hydrogens is 328 g/mol. The third-order valence-corrected chi connectivity index (χ3v) is 4.79. The van der Waals surface area contributed by atoms with E-state index in [0.717, 1.165) is 50.0 Å². The molecule has 0 fully saturated rings. The third-order valence-electron chi connectivity index (χ3n) is 4.79. The number of fused-ring (bicyclic) bond motifs is 1. The third kappa shape index (κ3) is 3.64. The zero-order chi connectivity index (χ0) is 18.5. The van der Waals surface area contributed by atoms with Gasteiger partial charge in [-0.2, -0.15) is 0 Å². The SMILES string of the molecule is CCCCNC(=O)c1nc(C(=O)N(C)c2ccccc2)n2c1CCCC2. The Kier molecular flexibility index (Phi) is 5.71. The van der Waals surface area contributed by atoms with E-state index in [4.69, 9.17) is 0 Å². The van der Waals surface area contributed by atoms with Crippen LogP contribution in [-0.4, -0.2) is 35.0 Å². The van der Waals surface area contributed by atoms with Gasteiger partial charge in [0.05, 0.1) is 5.69 Å². The standard InChI is InChI=1S/C20H26N4O2/c1-3-4-13-21-19(25)17-16-12-8-9-14-24(16)18(22-17)20(26)23(2)15-10-6-5-7-11-15/h5-7,10-11H,3-4,8-9,12-14H2,1-2H3,(H,21,25). The maximum atomic E-state index is 13.0. The van der Waals surface area contributed by atoms with Crippen LogP contribution in [0.15, 0.2) is 30.3 Å². The summed E-state index contributed by atoms with van der Waals surface area (Å²) in [5.74, 6) is -0.0100. The van der Waals surface area contributed by atoms with Gasteiger partial charge in [-0.15, -0.1) is 0 Å². The molecule has 3 rings (SSSR count). The quantitative estimate of drug-likeness (QED) is 0.811. The number of unbranched alkanes of at least 4 members (excludes halogenated alkanes) is 1. The molecule has 1 aromatic carbocycles. The molecule has 0 aliphatic carbocycles. The Hall–Kier alpha value is -2.63. The fourth-order valence-electron chi connectivity index (χ4n) is 3.27. The number of nitrogens with one attached hydrogen (secondary N) is 1. The van der Waals surface area contributed by atoms with Gasteiger partial charge in [0.25, 0.3) is 11.8 Å². The number of hydrogen-bond acceptors (Lipinski definition) is 3. The van der Waals surface area contributed by atoms with Crippen molar-refractivity contribution in [3.05, 3.63) is 47.5 Å². The van der Waals surface area contributed by atoms with Crippen LogP contribution in [0.4, 0.5) is 5.69 Å². The Morgan fingerprint density at radius 2 is 2.00 bits per heavy atom. The van der Waals surface area contributed by atoms with E-state index >= 15 is 0 Å². The van der Waals surface area contributed by atoms with Crippen LogP contribution in [0.3, 0.4) is 0 Å². The molecule has 2 amide bonds. The number of benzene rings is 1. The summed E-state index contributed by atoms with van der Waals surface area (Å²) >= 11 is 0. The first kappa shape index (κ1) is 18.2. The number of nitrogens with zero attached hydrogens (tertiary/aromatic N) is 3. The summed E-state index contributed by atoms with van der Waals surface area (Å²) in [6.07, 6.45) is 4.75. The number of hydrogen-bond donors (Lipinski definition) is 1. The van der Waals surface area contributed by atoms with Gasteiger partial charge < -0.3 is 14.8 Å².